The lowest BCUT2D eigenvalue weighted by Crippen LogP contribution is -2.23. The third kappa shape index (κ3) is 3.77. The van der Waals surface area contributed by atoms with Gasteiger partial charge >= 0.3 is 0 Å². The molecule has 1 aromatic carbocycles. The minimum atomic E-state index is -0.136. The standard InChI is InChI=1S/C12H11Cl2N3/c1-17(2)12(9-6-4-3-5-7-9)16-10(8-15)11(13)14/h3-7H,1-2H3. The number of rotatable bonds is 2. The maximum Gasteiger partial charge on any atom is 0.172 e. The van der Waals surface area contributed by atoms with Crippen LogP contribution in [0.5, 0.6) is 0 Å². The van der Waals surface area contributed by atoms with Crippen LogP contribution in [0.4, 0.5) is 0 Å². The summed E-state index contributed by atoms with van der Waals surface area (Å²) in [5.41, 5.74) is 0.890. The maximum atomic E-state index is 8.87. The first-order valence-electron chi connectivity index (χ1n) is 4.83. The van der Waals surface area contributed by atoms with E-state index in [1.807, 2.05) is 50.5 Å². The van der Waals surface area contributed by atoms with E-state index >= 15 is 0 Å². The van der Waals surface area contributed by atoms with E-state index in [1.54, 1.807) is 4.90 Å². The molecule has 0 spiro atoms. The van der Waals surface area contributed by atoms with Gasteiger partial charge in [0.25, 0.3) is 0 Å². The Hall–Kier alpha value is -1.50. The first kappa shape index (κ1) is 13.6. The van der Waals surface area contributed by atoms with E-state index in [1.165, 1.54) is 0 Å². The number of benzene rings is 1. The summed E-state index contributed by atoms with van der Waals surface area (Å²) in [6, 6.07) is 11.4. The zero-order valence-corrected chi connectivity index (χ0v) is 11.0. The highest BCUT2D eigenvalue weighted by molar-refractivity contribution is 6.56. The SMILES string of the molecule is CN(C)C(=NC(C#N)=C(Cl)Cl)c1ccccc1. The molecule has 88 valence electrons. The minimum Gasteiger partial charge on any atom is -0.362 e. The molecule has 1 rings (SSSR count). The molecule has 0 saturated carbocycles. The fourth-order valence-corrected chi connectivity index (χ4v) is 1.39. The Morgan fingerprint density at radius 3 is 2.24 bits per heavy atom. The number of amidine groups is 1. The normalized spacial score (nSPS) is 10.6. The summed E-state index contributed by atoms with van der Waals surface area (Å²) in [5, 5.41) is 8.87. The van der Waals surface area contributed by atoms with Crippen molar-refractivity contribution in [2.75, 3.05) is 14.1 Å². The molecular weight excluding hydrogens is 257 g/mol. The Morgan fingerprint density at radius 2 is 1.82 bits per heavy atom. The van der Waals surface area contributed by atoms with Crippen LogP contribution in [-0.4, -0.2) is 24.8 Å². The molecule has 0 heterocycles. The number of nitriles is 1. The van der Waals surface area contributed by atoms with E-state index in [4.69, 9.17) is 28.5 Å². The number of hydrogen-bond acceptors (Lipinski definition) is 2. The summed E-state index contributed by atoms with van der Waals surface area (Å²) < 4.78 is -0.136. The quantitative estimate of drug-likeness (QED) is 0.469. The monoisotopic (exact) mass is 267 g/mol. The highest BCUT2D eigenvalue weighted by Gasteiger charge is 2.08. The van der Waals surface area contributed by atoms with Gasteiger partial charge in [-0.25, -0.2) is 4.99 Å². The van der Waals surface area contributed by atoms with E-state index in [-0.39, 0.29) is 10.2 Å². The summed E-state index contributed by atoms with van der Waals surface area (Å²) in [6.45, 7) is 0. The molecule has 0 fully saturated rings. The van der Waals surface area contributed by atoms with E-state index in [2.05, 4.69) is 4.99 Å². The molecule has 0 N–H and O–H groups in total. The molecule has 0 aromatic heterocycles. The van der Waals surface area contributed by atoms with Gasteiger partial charge in [0.2, 0.25) is 0 Å². The lowest BCUT2D eigenvalue weighted by molar-refractivity contribution is 0.623. The Bertz CT molecular complexity index is 480. The first-order chi connectivity index (χ1) is 8.06. The molecule has 0 unspecified atom stereocenters. The van der Waals surface area contributed by atoms with Crippen LogP contribution in [0.1, 0.15) is 5.56 Å². The van der Waals surface area contributed by atoms with Crippen molar-refractivity contribution >= 4 is 29.0 Å². The van der Waals surface area contributed by atoms with Crippen molar-refractivity contribution in [1.29, 1.82) is 5.26 Å². The summed E-state index contributed by atoms with van der Waals surface area (Å²) in [4.78, 5) is 5.96. The van der Waals surface area contributed by atoms with E-state index in [0.29, 0.717) is 5.84 Å². The van der Waals surface area contributed by atoms with Gasteiger partial charge in [-0.3, -0.25) is 0 Å². The number of allylic oxidation sites excluding steroid dienone is 1. The topological polar surface area (TPSA) is 39.4 Å². The Morgan fingerprint density at radius 1 is 1.24 bits per heavy atom. The van der Waals surface area contributed by atoms with Gasteiger partial charge < -0.3 is 4.90 Å². The van der Waals surface area contributed by atoms with Crippen LogP contribution in [0.25, 0.3) is 0 Å². The molecule has 17 heavy (non-hydrogen) atoms. The average molecular weight is 268 g/mol. The Balaban J connectivity index is 3.26. The van der Waals surface area contributed by atoms with Crippen molar-refractivity contribution in [2.45, 2.75) is 0 Å². The average Bonchev–Trinajstić information content (AvgIpc) is 2.30. The van der Waals surface area contributed by atoms with Crippen molar-refractivity contribution in [2.24, 2.45) is 4.99 Å². The number of hydrogen-bond donors (Lipinski definition) is 0. The highest BCUT2D eigenvalue weighted by atomic mass is 35.5. The smallest absolute Gasteiger partial charge is 0.172 e. The fraction of sp³-hybridized carbons (Fsp3) is 0.167. The molecule has 0 aliphatic heterocycles. The van der Waals surface area contributed by atoms with Gasteiger partial charge in [0.1, 0.15) is 16.4 Å². The highest BCUT2D eigenvalue weighted by Crippen LogP contribution is 2.16. The van der Waals surface area contributed by atoms with Crippen molar-refractivity contribution in [1.82, 2.24) is 4.90 Å². The molecular formula is C12H11Cl2N3. The van der Waals surface area contributed by atoms with Crippen LogP contribution >= 0.6 is 23.2 Å². The molecule has 0 aliphatic rings. The van der Waals surface area contributed by atoms with Crippen molar-refractivity contribution in [3.63, 3.8) is 0 Å². The van der Waals surface area contributed by atoms with Gasteiger partial charge in [-0.2, -0.15) is 5.26 Å². The fourth-order valence-electron chi connectivity index (χ4n) is 1.23. The van der Waals surface area contributed by atoms with Crippen molar-refractivity contribution < 1.29 is 0 Å². The van der Waals surface area contributed by atoms with Gasteiger partial charge in [-0.05, 0) is 0 Å². The third-order valence-corrected chi connectivity index (χ3v) is 2.32. The molecule has 0 bridgehead atoms. The second kappa shape index (κ2) is 6.29. The predicted molar refractivity (Wildman–Crippen MR) is 71.0 cm³/mol. The molecule has 0 amide bonds. The second-order valence-electron chi connectivity index (χ2n) is 3.42. The molecule has 0 aliphatic carbocycles. The van der Waals surface area contributed by atoms with Crippen LogP contribution in [0.2, 0.25) is 0 Å². The zero-order valence-electron chi connectivity index (χ0n) is 9.48. The maximum absolute atomic E-state index is 8.87. The van der Waals surface area contributed by atoms with Gasteiger partial charge in [0, 0.05) is 19.7 Å². The van der Waals surface area contributed by atoms with E-state index in [9.17, 15) is 0 Å². The van der Waals surface area contributed by atoms with Crippen LogP contribution in [0, 0.1) is 11.3 Å². The largest absolute Gasteiger partial charge is 0.362 e. The third-order valence-electron chi connectivity index (χ3n) is 1.96. The van der Waals surface area contributed by atoms with Crippen molar-refractivity contribution in [3.8, 4) is 6.07 Å². The van der Waals surface area contributed by atoms with Gasteiger partial charge in [-0.1, -0.05) is 53.5 Å². The van der Waals surface area contributed by atoms with Gasteiger partial charge in [-0.15, -0.1) is 0 Å². The predicted octanol–water partition coefficient (Wildman–Crippen LogP) is 3.17. The summed E-state index contributed by atoms with van der Waals surface area (Å²) in [7, 11) is 3.67. The van der Waals surface area contributed by atoms with Crippen LogP contribution in [0.15, 0.2) is 45.5 Å². The summed E-state index contributed by atoms with van der Waals surface area (Å²) >= 11 is 11.2. The number of halogens is 2. The summed E-state index contributed by atoms with van der Waals surface area (Å²) in [5.74, 6) is 0.626. The number of aliphatic imine (C=N–C) groups is 1. The first-order valence-corrected chi connectivity index (χ1v) is 5.58. The Labute approximate surface area is 111 Å². The van der Waals surface area contributed by atoms with Crippen LogP contribution < -0.4 is 0 Å². The molecule has 0 atom stereocenters. The minimum absolute atomic E-state index is 0.000821. The molecule has 0 radical (unpaired) electrons. The zero-order chi connectivity index (χ0) is 12.8. The lowest BCUT2D eigenvalue weighted by atomic mass is 10.2. The van der Waals surface area contributed by atoms with E-state index in [0.717, 1.165) is 5.56 Å². The van der Waals surface area contributed by atoms with E-state index < -0.39 is 0 Å². The molecule has 1 aromatic rings. The van der Waals surface area contributed by atoms with Crippen LogP contribution in [0.3, 0.4) is 0 Å². The van der Waals surface area contributed by atoms with Gasteiger partial charge in [0.05, 0.1) is 0 Å². The molecule has 0 saturated heterocycles. The molecule has 5 heteroatoms. The second-order valence-corrected chi connectivity index (χ2v) is 4.37. The number of nitrogens with zero attached hydrogens (tertiary/aromatic N) is 3. The Kier molecular flexibility index (Phi) is 5.02. The van der Waals surface area contributed by atoms with Crippen LogP contribution in [-0.2, 0) is 0 Å². The summed E-state index contributed by atoms with van der Waals surface area (Å²) in [6.07, 6.45) is 0. The van der Waals surface area contributed by atoms with Crippen molar-refractivity contribution in [3.05, 3.63) is 46.1 Å². The lowest BCUT2D eigenvalue weighted by Gasteiger charge is -2.15. The molecule has 3 nitrogen and oxygen atoms in total. The van der Waals surface area contributed by atoms with Gasteiger partial charge in [0.15, 0.2) is 5.70 Å².